The summed E-state index contributed by atoms with van der Waals surface area (Å²) < 4.78 is 11.5. The smallest absolute Gasteiger partial charge is 0.166 e. The molecule has 0 aliphatic rings. The van der Waals surface area contributed by atoms with Crippen LogP contribution in [0.1, 0.15) is 0 Å². The Bertz CT molecular complexity index is 5100. The van der Waals surface area contributed by atoms with E-state index in [2.05, 4.69) is 270 Å². The monoisotopic (exact) mass is 1030 g/mol. The predicted octanol–water partition coefficient (Wildman–Crippen LogP) is 19.6. The van der Waals surface area contributed by atoms with Gasteiger partial charge in [-0.3, -0.25) is 0 Å². The van der Waals surface area contributed by atoms with Gasteiger partial charge in [-0.1, -0.05) is 218 Å². The maximum atomic E-state index is 6.69. The molecular formula is C75H47N5O. The topological polar surface area (TPSA) is 61.7 Å². The van der Waals surface area contributed by atoms with Crippen LogP contribution in [0.4, 0.5) is 0 Å². The molecule has 0 spiro atoms. The molecule has 0 aliphatic carbocycles. The molecule has 16 rings (SSSR count). The van der Waals surface area contributed by atoms with E-state index in [4.69, 9.17) is 19.4 Å². The Morgan fingerprint density at radius 3 is 1.41 bits per heavy atom. The van der Waals surface area contributed by atoms with Crippen molar-refractivity contribution in [2.24, 2.45) is 0 Å². The SMILES string of the molecule is c1ccc(-c2cccc(-c3nc(-c4ccccc4-n4c5cc(-c6ccccc6)ccc5c5c(-c6cccc7c6c6ccccc6n7-c6ccccc6)cccc54)nc(-c4cccc5oc6cccc(-c7ccccc7)c6c45)n3)c2)cc1. The Morgan fingerprint density at radius 2 is 0.704 bits per heavy atom. The van der Waals surface area contributed by atoms with Gasteiger partial charge < -0.3 is 13.6 Å². The standard InChI is InChI=1S/C75H47N5O/c1-5-22-48(23-6-1)51-28-17-29-53(46-51)73-76-74(78-75(77-73)61-37-21-43-68-72(61)71-55(34-20-42-67(71)81-68)50-26-9-3-10-27-50)60-33-14-16-39-63(60)80-65-41-19-36-57(70(65)59-45-44-52(47-66(59)80)49-24-7-2-8-25-49)56-35-18-40-64-69(56)58-32-13-15-38-62(58)79(64)54-30-11-4-12-31-54/h1-47H. The van der Waals surface area contributed by atoms with Crippen LogP contribution in [-0.2, 0) is 0 Å². The van der Waals surface area contributed by atoms with Gasteiger partial charge in [-0.05, 0) is 111 Å². The van der Waals surface area contributed by atoms with Gasteiger partial charge in [0.05, 0.1) is 27.8 Å². The van der Waals surface area contributed by atoms with Gasteiger partial charge >= 0.3 is 0 Å². The first-order chi connectivity index (χ1) is 40.2. The lowest BCUT2D eigenvalue weighted by Crippen LogP contribution is -2.04. The van der Waals surface area contributed by atoms with Crippen LogP contribution in [0.25, 0.3) is 156 Å². The number of rotatable bonds is 9. The van der Waals surface area contributed by atoms with Crippen LogP contribution in [-0.4, -0.2) is 24.1 Å². The summed E-state index contributed by atoms with van der Waals surface area (Å²) in [4.78, 5) is 16.6. The van der Waals surface area contributed by atoms with Gasteiger partial charge in [0.1, 0.15) is 11.2 Å². The predicted molar refractivity (Wildman–Crippen MR) is 334 cm³/mol. The lowest BCUT2D eigenvalue weighted by atomic mass is 9.95. The summed E-state index contributed by atoms with van der Waals surface area (Å²) in [5.74, 6) is 1.66. The van der Waals surface area contributed by atoms with Gasteiger partial charge in [-0.2, -0.15) is 0 Å². The van der Waals surface area contributed by atoms with E-state index in [1.165, 1.54) is 21.9 Å². The molecular weight excluding hydrogens is 987 g/mol. The molecule has 4 heterocycles. The normalized spacial score (nSPS) is 11.7. The van der Waals surface area contributed by atoms with E-state index in [1.807, 2.05) is 24.3 Å². The molecule has 0 saturated heterocycles. The lowest BCUT2D eigenvalue weighted by molar-refractivity contribution is 0.669. The zero-order valence-electron chi connectivity index (χ0n) is 43.8. The van der Waals surface area contributed by atoms with Gasteiger partial charge in [0.2, 0.25) is 0 Å². The maximum Gasteiger partial charge on any atom is 0.166 e. The van der Waals surface area contributed by atoms with Crippen molar-refractivity contribution in [3.05, 3.63) is 285 Å². The van der Waals surface area contributed by atoms with E-state index in [-0.39, 0.29) is 0 Å². The quantitative estimate of drug-likeness (QED) is 0.145. The fourth-order valence-corrected chi connectivity index (χ4v) is 12.4. The van der Waals surface area contributed by atoms with Crippen LogP contribution in [0.3, 0.4) is 0 Å². The highest BCUT2D eigenvalue weighted by atomic mass is 16.3. The highest BCUT2D eigenvalue weighted by Gasteiger charge is 2.25. The molecule has 81 heavy (non-hydrogen) atoms. The first kappa shape index (κ1) is 46.2. The van der Waals surface area contributed by atoms with Crippen LogP contribution >= 0.6 is 0 Å². The van der Waals surface area contributed by atoms with E-state index < -0.39 is 0 Å². The van der Waals surface area contributed by atoms with Crippen LogP contribution < -0.4 is 0 Å². The molecule has 0 fully saturated rings. The Labute approximate surface area is 466 Å². The molecule has 4 aromatic heterocycles. The second-order valence-electron chi connectivity index (χ2n) is 20.6. The molecule has 0 unspecified atom stereocenters. The number of furan rings is 1. The molecule has 6 heteroatoms. The summed E-state index contributed by atoms with van der Waals surface area (Å²) in [6.07, 6.45) is 0. The van der Waals surface area contributed by atoms with Gasteiger partial charge in [-0.15, -0.1) is 0 Å². The average Bonchev–Trinajstić information content (AvgIpc) is 3.86. The van der Waals surface area contributed by atoms with Crippen molar-refractivity contribution >= 4 is 65.6 Å². The molecule has 0 aliphatic heterocycles. The number of fused-ring (bicyclic) bond motifs is 9. The van der Waals surface area contributed by atoms with E-state index in [0.717, 1.165) is 116 Å². The van der Waals surface area contributed by atoms with Gasteiger partial charge in [0, 0.05) is 54.7 Å². The second-order valence-corrected chi connectivity index (χ2v) is 20.6. The highest BCUT2D eigenvalue weighted by Crippen LogP contribution is 2.47. The minimum atomic E-state index is 0.546. The Balaban J connectivity index is 0.967. The number of benzene rings is 12. The highest BCUT2D eigenvalue weighted by molar-refractivity contribution is 6.23. The van der Waals surface area contributed by atoms with Gasteiger partial charge in [0.25, 0.3) is 0 Å². The average molecular weight is 1030 g/mol. The number of hydrogen-bond donors (Lipinski definition) is 0. The van der Waals surface area contributed by atoms with E-state index in [0.29, 0.717) is 17.5 Å². The Morgan fingerprint density at radius 1 is 0.247 bits per heavy atom. The molecule has 0 N–H and O–H groups in total. The van der Waals surface area contributed by atoms with Crippen molar-refractivity contribution in [2.45, 2.75) is 0 Å². The zero-order valence-corrected chi connectivity index (χ0v) is 43.8. The van der Waals surface area contributed by atoms with Crippen molar-refractivity contribution in [3.63, 3.8) is 0 Å². The van der Waals surface area contributed by atoms with Crippen molar-refractivity contribution in [3.8, 4) is 90.0 Å². The fraction of sp³-hybridized carbons (Fsp3) is 0. The molecule has 6 nitrogen and oxygen atoms in total. The summed E-state index contributed by atoms with van der Waals surface area (Å²) >= 11 is 0. The summed E-state index contributed by atoms with van der Waals surface area (Å²) in [5, 5.41) is 6.68. The van der Waals surface area contributed by atoms with Crippen LogP contribution in [0, 0.1) is 0 Å². The molecule has 0 saturated carbocycles. The van der Waals surface area contributed by atoms with Crippen LogP contribution in [0.5, 0.6) is 0 Å². The van der Waals surface area contributed by atoms with Crippen LogP contribution in [0.15, 0.2) is 290 Å². The third-order valence-electron chi connectivity index (χ3n) is 16.0. The Hall–Kier alpha value is -11.0. The fourth-order valence-electron chi connectivity index (χ4n) is 12.4. The molecule has 12 aromatic carbocycles. The second kappa shape index (κ2) is 18.9. The Kier molecular flexibility index (Phi) is 10.8. The summed E-state index contributed by atoms with van der Waals surface area (Å²) in [6, 6.07) is 101. The third kappa shape index (κ3) is 7.60. The number of para-hydroxylation sites is 3. The minimum absolute atomic E-state index is 0.546. The summed E-state index contributed by atoms with van der Waals surface area (Å²) in [7, 11) is 0. The summed E-state index contributed by atoms with van der Waals surface area (Å²) in [6.45, 7) is 0. The van der Waals surface area contributed by atoms with Crippen molar-refractivity contribution in [1.29, 1.82) is 0 Å². The first-order valence-electron chi connectivity index (χ1n) is 27.4. The van der Waals surface area contributed by atoms with E-state index >= 15 is 0 Å². The van der Waals surface area contributed by atoms with E-state index in [1.54, 1.807) is 0 Å². The molecule has 0 atom stereocenters. The molecule has 16 aromatic rings. The molecule has 378 valence electrons. The number of aromatic nitrogens is 5. The zero-order chi connectivity index (χ0) is 53.4. The maximum absolute atomic E-state index is 6.69. The lowest BCUT2D eigenvalue weighted by Gasteiger charge is -2.15. The summed E-state index contributed by atoms with van der Waals surface area (Å²) in [5.41, 5.74) is 19.6. The van der Waals surface area contributed by atoms with Gasteiger partial charge in [0.15, 0.2) is 17.5 Å². The van der Waals surface area contributed by atoms with Crippen molar-refractivity contribution in [2.75, 3.05) is 0 Å². The van der Waals surface area contributed by atoms with E-state index in [9.17, 15) is 0 Å². The van der Waals surface area contributed by atoms with Crippen LogP contribution in [0.2, 0.25) is 0 Å². The molecule has 0 amide bonds. The van der Waals surface area contributed by atoms with Crippen molar-refractivity contribution in [1.82, 2.24) is 24.1 Å². The number of hydrogen-bond acceptors (Lipinski definition) is 4. The first-order valence-corrected chi connectivity index (χ1v) is 27.4. The molecule has 0 bridgehead atoms. The molecule has 0 radical (unpaired) electrons. The van der Waals surface area contributed by atoms with Gasteiger partial charge in [-0.25, -0.2) is 15.0 Å². The minimum Gasteiger partial charge on any atom is -0.456 e. The third-order valence-corrected chi connectivity index (χ3v) is 16.0. The largest absolute Gasteiger partial charge is 0.456 e. The number of nitrogens with zero attached hydrogens (tertiary/aromatic N) is 5. The van der Waals surface area contributed by atoms with Crippen molar-refractivity contribution < 1.29 is 4.42 Å².